The summed E-state index contributed by atoms with van der Waals surface area (Å²) in [5, 5.41) is 2.85. The smallest absolute Gasteiger partial charge is 0.339 e. The van der Waals surface area contributed by atoms with Crippen LogP contribution in [0.4, 0.5) is 0 Å². The van der Waals surface area contributed by atoms with Gasteiger partial charge in [-0.05, 0) is 12.1 Å². The van der Waals surface area contributed by atoms with Crippen LogP contribution in [0.5, 0.6) is 0 Å². The number of Topliss-reactive ketones (excluding diaryl/α,β-unsaturated/α-hetero) is 1. The minimum absolute atomic E-state index is 0.00644. The van der Waals surface area contributed by atoms with Crippen LogP contribution in [0.25, 0.3) is 10.1 Å². The minimum atomic E-state index is -0.477. The van der Waals surface area contributed by atoms with Crippen molar-refractivity contribution in [2.24, 2.45) is 0 Å². The molecular formula is C18H12O3S. The predicted octanol–water partition coefficient (Wildman–Crippen LogP) is 4.39. The molecule has 0 amide bonds. The van der Waals surface area contributed by atoms with Crippen LogP contribution in [0, 0.1) is 0 Å². The van der Waals surface area contributed by atoms with Gasteiger partial charge >= 0.3 is 5.97 Å². The molecule has 2 aromatic carbocycles. The summed E-state index contributed by atoms with van der Waals surface area (Å²) >= 11 is 1.56. The van der Waals surface area contributed by atoms with E-state index >= 15 is 0 Å². The molecule has 0 radical (unpaired) electrons. The van der Waals surface area contributed by atoms with Crippen molar-refractivity contribution >= 4 is 33.2 Å². The maximum atomic E-state index is 12.6. The van der Waals surface area contributed by atoms with Crippen LogP contribution in [-0.2, 0) is 4.74 Å². The number of hydrogen-bond acceptors (Lipinski definition) is 4. The molecule has 1 atom stereocenters. The number of fused-ring (bicyclic) bond motifs is 2. The number of cyclic esters (lactones) is 1. The van der Waals surface area contributed by atoms with E-state index < -0.39 is 6.10 Å². The van der Waals surface area contributed by atoms with Gasteiger partial charge in [0.2, 0.25) is 0 Å². The normalized spacial score (nSPS) is 16.5. The number of ketones is 1. The van der Waals surface area contributed by atoms with Crippen molar-refractivity contribution in [2.45, 2.75) is 12.5 Å². The van der Waals surface area contributed by atoms with Crippen LogP contribution in [0.3, 0.4) is 0 Å². The maximum absolute atomic E-state index is 12.6. The second-order valence-corrected chi connectivity index (χ2v) is 6.17. The lowest BCUT2D eigenvalue weighted by molar-refractivity contribution is 0.0367. The molecule has 3 aromatic rings. The lowest BCUT2D eigenvalue weighted by atomic mass is 9.98. The third kappa shape index (κ3) is 2.04. The Labute approximate surface area is 131 Å². The summed E-state index contributed by atoms with van der Waals surface area (Å²) in [6.45, 7) is 0. The molecule has 1 aliphatic heterocycles. The summed E-state index contributed by atoms with van der Waals surface area (Å²) < 4.78 is 6.45. The zero-order valence-corrected chi connectivity index (χ0v) is 12.4. The standard InChI is InChI=1S/C18H12O3S/c19-15(14-10-22-17-8-4-3-6-12(14)17)9-16-11-5-1-2-7-13(11)18(20)21-16/h1-8,10,16H,9H2. The Balaban J connectivity index is 1.65. The number of rotatable bonds is 3. The fraction of sp³-hybridized carbons (Fsp3) is 0.111. The summed E-state index contributed by atoms with van der Waals surface area (Å²) in [5.74, 6) is -0.337. The molecule has 1 aliphatic rings. The summed E-state index contributed by atoms with van der Waals surface area (Å²) in [7, 11) is 0. The molecule has 0 bridgehead atoms. The zero-order chi connectivity index (χ0) is 15.1. The number of carbonyl (C=O) groups excluding carboxylic acids is 2. The van der Waals surface area contributed by atoms with E-state index in [1.165, 1.54) is 0 Å². The quantitative estimate of drug-likeness (QED) is 0.532. The van der Waals surface area contributed by atoms with E-state index in [9.17, 15) is 9.59 Å². The third-order valence-electron chi connectivity index (χ3n) is 3.93. The topological polar surface area (TPSA) is 43.4 Å². The van der Waals surface area contributed by atoms with Crippen molar-refractivity contribution in [3.63, 3.8) is 0 Å². The molecule has 3 nitrogen and oxygen atoms in total. The van der Waals surface area contributed by atoms with Gasteiger partial charge in [-0.2, -0.15) is 0 Å². The molecule has 0 N–H and O–H groups in total. The van der Waals surface area contributed by atoms with E-state index in [1.807, 2.05) is 41.8 Å². The van der Waals surface area contributed by atoms with Crippen LogP contribution in [0.1, 0.15) is 38.8 Å². The van der Waals surface area contributed by atoms with Gasteiger partial charge in [0.05, 0.1) is 12.0 Å². The monoisotopic (exact) mass is 308 g/mol. The van der Waals surface area contributed by atoms with Gasteiger partial charge in [-0.1, -0.05) is 36.4 Å². The van der Waals surface area contributed by atoms with E-state index in [0.29, 0.717) is 11.1 Å². The summed E-state index contributed by atoms with van der Waals surface area (Å²) in [6, 6.07) is 15.1. The van der Waals surface area contributed by atoms with Gasteiger partial charge in [0, 0.05) is 26.6 Å². The first-order valence-electron chi connectivity index (χ1n) is 7.03. The van der Waals surface area contributed by atoms with E-state index in [2.05, 4.69) is 0 Å². The van der Waals surface area contributed by atoms with Crippen molar-refractivity contribution in [3.05, 3.63) is 70.6 Å². The Bertz CT molecular complexity index is 894. The Morgan fingerprint density at radius 2 is 1.86 bits per heavy atom. The lowest BCUT2D eigenvalue weighted by Gasteiger charge is -2.09. The van der Waals surface area contributed by atoms with Crippen molar-refractivity contribution in [3.8, 4) is 0 Å². The first kappa shape index (κ1) is 13.2. The summed E-state index contributed by atoms with van der Waals surface area (Å²) in [6.07, 6.45) is -0.293. The number of thiophene rings is 1. The molecule has 2 heterocycles. The second-order valence-electron chi connectivity index (χ2n) is 5.25. The van der Waals surface area contributed by atoms with Crippen molar-refractivity contribution < 1.29 is 14.3 Å². The Hall–Kier alpha value is -2.46. The Morgan fingerprint density at radius 3 is 2.77 bits per heavy atom. The van der Waals surface area contributed by atoms with Gasteiger partial charge in [-0.15, -0.1) is 11.3 Å². The molecular weight excluding hydrogens is 296 g/mol. The predicted molar refractivity (Wildman–Crippen MR) is 85.4 cm³/mol. The van der Waals surface area contributed by atoms with Crippen molar-refractivity contribution in [1.82, 2.24) is 0 Å². The highest BCUT2D eigenvalue weighted by atomic mass is 32.1. The molecule has 22 heavy (non-hydrogen) atoms. The van der Waals surface area contributed by atoms with E-state index in [0.717, 1.165) is 15.6 Å². The molecule has 1 unspecified atom stereocenters. The fourth-order valence-corrected chi connectivity index (χ4v) is 3.81. The SMILES string of the molecule is O=C1OC(CC(=O)c2csc3ccccc23)c2ccccc21. The van der Waals surface area contributed by atoms with E-state index in [4.69, 9.17) is 4.74 Å². The number of carbonyl (C=O) groups is 2. The highest BCUT2D eigenvalue weighted by Gasteiger charge is 2.32. The van der Waals surface area contributed by atoms with Crippen molar-refractivity contribution in [2.75, 3.05) is 0 Å². The molecule has 0 fully saturated rings. The van der Waals surface area contributed by atoms with Gasteiger partial charge in [-0.25, -0.2) is 4.79 Å². The van der Waals surface area contributed by atoms with Crippen molar-refractivity contribution in [1.29, 1.82) is 0 Å². The van der Waals surface area contributed by atoms with Crippen LogP contribution < -0.4 is 0 Å². The molecule has 108 valence electrons. The van der Waals surface area contributed by atoms with Crippen LogP contribution >= 0.6 is 11.3 Å². The number of hydrogen-bond donors (Lipinski definition) is 0. The van der Waals surface area contributed by atoms with Gasteiger partial charge in [0.25, 0.3) is 0 Å². The molecule has 0 spiro atoms. The van der Waals surface area contributed by atoms with Crippen LogP contribution in [-0.4, -0.2) is 11.8 Å². The number of esters is 1. The van der Waals surface area contributed by atoms with E-state index in [-0.39, 0.29) is 18.2 Å². The highest BCUT2D eigenvalue weighted by molar-refractivity contribution is 7.17. The maximum Gasteiger partial charge on any atom is 0.339 e. The number of benzene rings is 2. The van der Waals surface area contributed by atoms with Gasteiger partial charge in [0.15, 0.2) is 5.78 Å². The van der Waals surface area contributed by atoms with Gasteiger partial charge < -0.3 is 4.74 Å². The molecule has 0 aliphatic carbocycles. The van der Waals surface area contributed by atoms with Crippen LogP contribution in [0.15, 0.2) is 53.9 Å². The number of ether oxygens (including phenoxy) is 1. The molecule has 0 saturated heterocycles. The van der Waals surface area contributed by atoms with E-state index in [1.54, 1.807) is 23.5 Å². The molecule has 4 rings (SSSR count). The molecule has 4 heteroatoms. The third-order valence-corrected chi connectivity index (χ3v) is 4.89. The fourth-order valence-electron chi connectivity index (χ4n) is 2.84. The van der Waals surface area contributed by atoms with Crippen LogP contribution in [0.2, 0.25) is 0 Å². The average Bonchev–Trinajstić information content (AvgIpc) is 3.10. The Kier molecular flexibility index (Phi) is 3.05. The summed E-state index contributed by atoms with van der Waals surface area (Å²) in [4.78, 5) is 24.4. The second kappa shape index (κ2) is 5.07. The molecule has 1 aromatic heterocycles. The Morgan fingerprint density at radius 1 is 1.09 bits per heavy atom. The zero-order valence-electron chi connectivity index (χ0n) is 11.6. The van der Waals surface area contributed by atoms with Gasteiger partial charge in [-0.3, -0.25) is 4.79 Å². The van der Waals surface area contributed by atoms with Gasteiger partial charge in [0.1, 0.15) is 6.10 Å². The highest BCUT2D eigenvalue weighted by Crippen LogP contribution is 2.35. The first-order chi connectivity index (χ1) is 10.7. The lowest BCUT2D eigenvalue weighted by Crippen LogP contribution is -2.07. The first-order valence-corrected chi connectivity index (χ1v) is 7.91. The minimum Gasteiger partial charge on any atom is -0.453 e. The average molecular weight is 308 g/mol. The summed E-state index contributed by atoms with van der Waals surface area (Å²) in [5.41, 5.74) is 2.08. The largest absolute Gasteiger partial charge is 0.453 e. The molecule has 0 saturated carbocycles.